The summed E-state index contributed by atoms with van der Waals surface area (Å²) >= 11 is 0. The summed E-state index contributed by atoms with van der Waals surface area (Å²) in [5.41, 5.74) is 5.17. The lowest BCUT2D eigenvalue weighted by atomic mass is 10.4. The van der Waals surface area contributed by atoms with Crippen molar-refractivity contribution in [1.82, 2.24) is 0 Å². The third-order valence-electron chi connectivity index (χ3n) is 0.372. The van der Waals surface area contributed by atoms with E-state index in [1.54, 1.807) is 6.08 Å². The Morgan fingerprint density at radius 2 is 1.86 bits per heavy atom. The molecule has 0 saturated carbocycles. The Morgan fingerprint density at radius 3 is 1.86 bits per heavy atom. The van der Waals surface area contributed by atoms with Crippen LogP contribution in [-0.2, 0) is 0 Å². The summed E-state index contributed by atoms with van der Waals surface area (Å²) in [5, 5.41) is 0. The lowest BCUT2D eigenvalue weighted by Crippen LogP contribution is -2.09. The zero-order chi connectivity index (χ0) is 6.28. The molecule has 0 aromatic rings. The molecule has 7 heavy (non-hydrogen) atoms. The van der Waals surface area contributed by atoms with E-state index >= 15 is 0 Å². The zero-order valence-corrected chi connectivity index (χ0v) is 5.44. The maximum atomic E-state index is 5.17. The van der Waals surface area contributed by atoms with Crippen molar-refractivity contribution in [2.45, 2.75) is 26.8 Å². The number of hydrogen-bond acceptors (Lipinski definition) is 1. The summed E-state index contributed by atoms with van der Waals surface area (Å²) in [5.74, 6) is 0. The molecule has 0 saturated heterocycles. The largest absolute Gasteiger partial charge is 0.325 e. The SMILES string of the molecule is C=CC(C)N.CC.[HH]. The van der Waals surface area contributed by atoms with Crippen LogP contribution in [-0.4, -0.2) is 6.04 Å². The Hall–Kier alpha value is -0.300. The highest BCUT2D eigenvalue weighted by molar-refractivity contribution is 4.76. The maximum absolute atomic E-state index is 5.17. The molecule has 0 aliphatic heterocycles. The van der Waals surface area contributed by atoms with Gasteiger partial charge in [-0.15, -0.1) is 6.58 Å². The molecule has 0 bridgehead atoms. The van der Waals surface area contributed by atoms with E-state index in [0.717, 1.165) is 0 Å². The molecule has 2 N–H and O–H groups in total. The van der Waals surface area contributed by atoms with Crippen LogP contribution < -0.4 is 5.73 Å². The predicted molar refractivity (Wildman–Crippen MR) is 37.3 cm³/mol. The molecule has 0 heterocycles. The van der Waals surface area contributed by atoms with Crippen molar-refractivity contribution in [3.05, 3.63) is 12.7 Å². The second-order valence-electron chi connectivity index (χ2n) is 1.09. The van der Waals surface area contributed by atoms with Crippen LogP contribution in [0.4, 0.5) is 0 Å². The van der Waals surface area contributed by atoms with Crippen molar-refractivity contribution < 1.29 is 1.43 Å². The number of nitrogens with two attached hydrogens (primary N) is 1. The van der Waals surface area contributed by atoms with Crippen LogP contribution in [0.25, 0.3) is 0 Å². The summed E-state index contributed by atoms with van der Waals surface area (Å²) in [6.45, 7) is 9.32. The van der Waals surface area contributed by atoms with Crippen LogP contribution in [0.1, 0.15) is 22.2 Å². The summed E-state index contributed by atoms with van der Waals surface area (Å²) in [6.07, 6.45) is 1.69. The normalized spacial score (nSPS) is 10.9. The molecule has 1 heteroatoms. The van der Waals surface area contributed by atoms with Crippen molar-refractivity contribution in [2.75, 3.05) is 0 Å². The maximum Gasteiger partial charge on any atom is 0.0192 e. The quantitative estimate of drug-likeness (QED) is 0.503. The first kappa shape index (κ1) is 9.85. The highest BCUT2D eigenvalue weighted by atomic mass is 14.6. The van der Waals surface area contributed by atoms with Gasteiger partial charge >= 0.3 is 0 Å². The van der Waals surface area contributed by atoms with Gasteiger partial charge in [0, 0.05) is 7.47 Å². The Kier molecular flexibility index (Phi) is 12.9. The fourth-order valence-corrected chi connectivity index (χ4v) is 0. The highest BCUT2D eigenvalue weighted by Gasteiger charge is 1.73. The molecule has 0 aromatic heterocycles. The molecule has 1 atom stereocenters. The first-order valence-corrected chi connectivity index (χ1v) is 2.65. The van der Waals surface area contributed by atoms with Crippen LogP contribution in [0, 0.1) is 0 Å². The van der Waals surface area contributed by atoms with E-state index < -0.39 is 0 Å². The topological polar surface area (TPSA) is 26.0 Å². The molecule has 0 aromatic carbocycles. The molecule has 1 nitrogen and oxygen atoms in total. The van der Waals surface area contributed by atoms with Crippen molar-refractivity contribution >= 4 is 0 Å². The fourth-order valence-electron chi connectivity index (χ4n) is 0. The van der Waals surface area contributed by atoms with Crippen LogP contribution in [0.5, 0.6) is 0 Å². The van der Waals surface area contributed by atoms with E-state index in [1.165, 1.54) is 0 Å². The molecule has 0 rings (SSSR count). The van der Waals surface area contributed by atoms with Gasteiger partial charge < -0.3 is 5.73 Å². The Labute approximate surface area is 47.7 Å². The molecule has 46 valence electrons. The predicted octanol–water partition coefficient (Wildman–Crippen LogP) is 1.79. The summed E-state index contributed by atoms with van der Waals surface area (Å²) in [4.78, 5) is 0. The Bertz CT molecular complexity index is 35.5. The smallest absolute Gasteiger partial charge is 0.0192 e. The molecule has 0 fully saturated rings. The zero-order valence-electron chi connectivity index (χ0n) is 5.44. The minimum absolute atomic E-state index is 0. The van der Waals surface area contributed by atoms with Gasteiger partial charge in [0.25, 0.3) is 0 Å². The van der Waals surface area contributed by atoms with Crippen LogP contribution >= 0.6 is 0 Å². The van der Waals surface area contributed by atoms with Gasteiger partial charge in [-0.3, -0.25) is 0 Å². The van der Waals surface area contributed by atoms with Gasteiger partial charge in [-0.2, -0.15) is 0 Å². The second-order valence-corrected chi connectivity index (χ2v) is 1.09. The summed E-state index contributed by atoms with van der Waals surface area (Å²) < 4.78 is 0. The van der Waals surface area contributed by atoms with Gasteiger partial charge in [0.2, 0.25) is 0 Å². The van der Waals surface area contributed by atoms with E-state index in [0.29, 0.717) is 0 Å². The highest BCUT2D eigenvalue weighted by Crippen LogP contribution is 1.67. The van der Waals surface area contributed by atoms with Crippen molar-refractivity contribution in [3.8, 4) is 0 Å². The Morgan fingerprint density at radius 1 is 1.71 bits per heavy atom. The molecule has 1 unspecified atom stereocenters. The van der Waals surface area contributed by atoms with Gasteiger partial charge in [0.1, 0.15) is 0 Å². The van der Waals surface area contributed by atoms with Gasteiger partial charge in [-0.05, 0) is 6.92 Å². The minimum atomic E-state index is 0. The summed E-state index contributed by atoms with van der Waals surface area (Å²) in [7, 11) is 0. The molecular weight excluding hydrogens is 86.1 g/mol. The van der Waals surface area contributed by atoms with E-state index in [4.69, 9.17) is 5.73 Å². The molecule has 0 radical (unpaired) electrons. The van der Waals surface area contributed by atoms with E-state index in [-0.39, 0.29) is 7.47 Å². The van der Waals surface area contributed by atoms with E-state index in [9.17, 15) is 0 Å². The third-order valence-corrected chi connectivity index (χ3v) is 0.372. The second kappa shape index (κ2) is 9.20. The molecule has 0 spiro atoms. The van der Waals surface area contributed by atoms with Crippen LogP contribution in [0.3, 0.4) is 0 Å². The van der Waals surface area contributed by atoms with Gasteiger partial charge in [0.15, 0.2) is 0 Å². The standard InChI is InChI=1S/C4H9N.C2H6.H2/c1-3-4(2)5;1-2;/h3-4H,1,5H2,2H3;1-2H3;1H. The molecular formula is C6H17N. The lowest BCUT2D eigenvalue weighted by Gasteiger charge is -1.85. The van der Waals surface area contributed by atoms with Crippen molar-refractivity contribution in [1.29, 1.82) is 0 Å². The first-order chi connectivity index (χ1) is 3.27. The van der Waals surface area contributed by atoms with Gasteiger partial charge in [0.05, 0.1) is 0 Å². The lowest BCUT2D eigenvalue weighted by molar-refractivity contribution is 0.929. The van der Waals surface area contributed by atoms with Crippen LogP contribution in [0.15, 0.2) is 12.7 Å². The van der Waals surface area contributed by atoms with Crippen molar-refractivity contribution in [2.24, 2.45) is 5.73 Å². The first-order valence-electron chi connectivity index (χ1n) is 2.65. The van der Waals surface area contributed by atoms with E-state index in [2.05, 4.69) is 6.58 Å². The van der Waals surface area contributed by atoms with Crippen molar-refractivity contribution in [3.63, 3.8) is 0 Å². The van der Waals surface area contributed by atoms with Gasteiger partial charge in [-0.25, -0.2) is 0 Å². The molecule has 0 aliphatic rings. The third kappa shape index (κ3) is 27.0. The number of hydrogen-bond donors (Lipinski definition) is 1. The number of rotatable bonds is 1. The monoisotopic (exact) mass is 103 g/mol. The fraction of sp³-hybridized carbons (Fsp3) is 0.667. The average molecular weight is 103 g/mol. The summed E-state index contributed by atoms with van der Waals surface area (Å²) in [6, 6.07) is 0.148. The van der Waals surface area contributed by atoms with E-state index in [1.807, 2.05) is 20.8 Å². The van der Waals surface area contributed by atoms with Crippen LogP contribution in [0.2, 0.25) is 0 Å². The Balaban J connectivity index is -0.0000000750. The molecule has 0 aliphatic carbocycles. The average Bonchev–Trinajstić information content (AvgIpc) is 1.73. The van der Waals surface area contributed by atoms with Gasteiger partial charge in [-0.1, -0.05) is 19.9 Å². The molecule has 0 amide bonds. The minimum Gasteiger partial charge on any atom is -0.325 e.